The third kappa shape index (κ3) is 13.5. The van der Waals surface area contributed by atoms with Crippen molar-refractivity contribution < 1.29 is 14.4 Å². The molecule has 1 unspecified atom stereocenters. The maximum Gasteiger partial charge on any atom is 0.327 e. The van der Waals surface area contributed by atoms with Crippen molar-refractivity contribution >= 4 is 11.8 Å². The average Bonchev–Trinajstić information content (AvgIpc) is 2.59. The van der Waals surface area contributed by atoms with Gasteiger partial charge in [0.05, 0.1) is 5.92 Å². The number of hydrogen-bond acceptors (Lipinski definition) is 5. The highest BCUT2D eigenvalue weighted by Crippen LogP contribution is 2.17. The van der Waals surface area contributed by atoms with E-state index < -0.39 is 11.9 Å². The average molecular weight is 343 g/mol. The van der Waals surface area contributed by atoms with Crippen LogP contribution in [0.3, 0.4) is 0 Å². The van der Waals surface area contributed by atoms with Crippen molar-refractivity contribution in [2.45, 2.75) is 96.8 Å². The number of carbonyl (C=O) groups excluding carboxylic acids is 2. The van der Waals surface area contributed by atoms with Crippen LogP contribution in [-0.2, 0) is 14.4 Å². The summed E-state index contributed by atoms with van der Waals surface area (Å²) in [6, 6.07) is 0. The van der Waals surface area contributed by atoms with Crippen LogP contribution in [0.5, 0.6) is 0 Å². The third-order valence-corrected chi connectivity index (χ3v) is 4.49. The number of unbranched alkanes of at least 4 members (excludes halogenated alkanes) is 9. The first-order valence-electron chi connectivity index (χ1n) is 9.78. The molecule has 1 atom stereocenters. The fraction of sp³-hybridized carbons (Fsp3) is 0.895. The van der Waals surface area contributed by atoms with Crippen LogP contribution in [0, 0.1) is 5.92 Å². The van der Waals surface area contributed by atoms with Crippen molar-refractivity contribution in [2.24, 2.45) is 17.5 Å². The smallest absolute Gasteiger partial charge is 0.327 e. The van der Waals surface area contributed by atoms with Gasteiger partial charge in [0, 0.05) is 12.8 Å². The number of nitrogens with two attached hydrogens (primary N) is 2. The standard InChI is InChI=1S/C19H38N2O3/c1-2-3-4-5-6-7-8-9-10-14-18(22)16-17(19(23)24-21)13-11-12-15-20/h17H,2-16,20-21H2,1H3. The summed E-state index contributed by atoms with van der Waals surface area (Å²) in [4.78, 5) is 28.0. The molecule has 0 saturated carbocycles. The maximum atomic E-state index is 12.0. The van der Waals surface area contributed by atoms with Gasteiger partial charge in [0.2, 0.25) is 0 Å². The van der Waals surface area contributed by atoms with Gasteiger partial charge in [-0.3, -0.25) is 9.59 Å². The Kier molecular flexibility index (Phi) is 16.2. The minimum absolute atomic E-state index is 0.140. The maximum absolute atomic E-state index is 12.0. The van der Waals surface area contributed by atoms with Gasteiger partial charge in [-0.15, -0.1) is 0 Å². The molecule has 0 radical (unpaired) electrons. The van der Waals surface area contributed by atoms with Gasteiger partial charge in [0.25, 0.3) is 0 Å². The molecule has 142 valence electrons. The molecule has 24 heavy (non-hydrogen) atoms. The van der Waals surface area contributed by atoms with Crippen molar-refractivity contribution in [1.82, 2.24) is 0 Å². The second kappa shape index (κ2) is 16.9. The number of hydrogen-bond donors (Lipinski definition) is 2. The van der Waals surface area contributed by atoms with Crippen LogP contribution in [0.2, 0.25) is 0 Å². The summed E-state index contributed by atoms with van der Waals surface area (Å²) in [6.45, 7) is 2.82. The molecule has 0 fully saturated rings. The Hall–Kier alpha value is -0.940. The summed E-state index contributed by atoms with van der Waals surface area (Å²) >= 11 is 0. The van der Waals surface area contributed by atoms with E-state index in [-0.39, 0.29) is 12.2 Å². The van der Waals surface area contributed by atoms with E-state index in [1.54, 1.807) is 0 Å². The lowest BCUT2D eigenvalue weighted by molar-refractivity contribution is -0.151. The predicted molar refractivity (Wildman–Crippen MR) is 98.1 cm³/mol. The van der Waals surface area contributed by atoms with Gasteiger partial charge < -0.3 is 10.6 Å². The first-order valence-corrected chi connectivity index (χ1v) is 9.78. The first-order chi connectivity index (χ1) is 11.7. The molecular formula is C19H38N2O3. The summed E-state index contributed by atoms with van der Waals surface area (Å²) < 4.78 is 0. The monoisotopic (exact) mass is 342 g/mol. The van der Waals surface area contributed by atoms with Crippen molar-refractivity contribution in [3.8, 4) is 0 Å². The molecule has 0 aliphatic heterocycles. The minimum Gasteiger partial charge on any atom is -0.373 e. The summed E-state index contributed by atoms with van der Waals surface area (Å²) in [5.74, 6) is 4.22. The van der Waals surface area contributed by atoms with Gasteiger partial charge in [-0.25, -0.2) is 0 Å². The van der Waals surface area contributed by atoms with Gasteiger partial charge in [0.15, 0.2) is 0 Å². The predicted octanol–water partition coefficient (Wildman–Crippen LogP) is 4.03. The Balaban J connectivity index is 3.74. The van der Waals surface area contributed by atoms with Crippen LogP contribution in [0.25, 0.3) is 0 Å². The molecule has 0 heterocycles. The molecule has 0 spiro atoms. The number of carbonyl (C=O) groups is 2. The van der Waals surface area contributed by atoms with Crippen LogP contribution >= 0.6 is 0 Å². The second-order valence-corrected chi connectivity index (χ2v) is 6.74. The molecule has 5 heteroatoms. The van der Waals surface area contributed by atoms with E-state index in [0.29, 0.717) is 19.4 Å². The number of rotatable bonds is 17. The topological polar surface area (TPSA) is 95.4 Å². The molecule has 0 amide bonds. The lowest BCUT2D eigenvalue weighted by atomic mass is 9.94. The van der Waals surface area contributed by atoms with Gasteiger partial charge in [0.1, 0.15) is 5.78 Å². The van der Waals surface area contributed by atoms with Gasteiger partial charge in [-0.05, 0) is 25.8 Å². The van der Waals surface area contributed by atoms with Crippen LogP contribution in [0.4, 0.5) is 0 Å². The molecule has 0 aromatic carbocycles. The molecule has 0 aliphatic rings. The highest BCUT2D eigenvalue weighted by molar-refractivity contribution is 5.84. The van der Waals surface area contributed by atoms with E-state index in [1.165, 1.54) is 44.9 Å². The SMILES string of the molecule is CCCCCCCCCCCC(=O)CC(CCCCN)C(=O)ON. The van der Waals surface area contributed by atoms with E-state index in [2.05, 4.69) is 11.8 Å². The van der Waals surface area contributed by atoms with Crippen molar-refractivity contribution in [3.05, 3.63) is 0 Å². The van der Waals surface area contributed by atoms with Crippen LogP contribution in [0.15, 0.2) is 0 Å². The fourth-order valence-electron chi connectivity index (χ4n) is 2.94. The molecule has 0 rings (SSSR count). The van der Waals surface area contributed by atoms with E-state index in [9.17, 15) is 9.59 Å². The van der Waals surface area contributed by atoms with E-state index in [0.717, 1.165) is 25.7 Å². The van der Waals surface area contributed by atoms with E-state index in [4.69, 9.17) is 11.6 Å². The summed E-state index contributed by atoms with van der Waals surface area (Å²) in [5.41, 5.74) is 5.46. The van der Waals surface area contributed by atoms with Crippen LogP contribution < -0.4 is 11.6 Å². The van der Waals surface area contributed by atoms with Gasteiger partial charge in [-0.2, -0.15) is 5.90 Å². The minimum atomic E-state index is -0.479. The summed E-state index contributed by atoms with van der Waals surface area (Å²) in [6.07, 6.45) is 14.2. The molecule has 0 bridgehead atoms. The molecule has 5 nitrogen and oxygen atoms in total. The summed E-state index contributed by atoms with van der Waals surface area (Å²) in [7, 11) is 0. The molecular weight excluding hydrogens is 304 g/mol. The second-order valence-electron chi connectivity index (χ2n) is 6.74. The summed E-state index contributed by atoms with van der Waals surface area (Å²) in [5, 5.41) is 0. The lowest BCUT2D eigenvalue weighted by Gasteiger charge is -2.13. The van der Waals surface area contributed by atoms with E-state index in [1.807, 2.05) is 0 Å². The fourth-order valence-corrected chi connectivity index (χ4v) is 2.94. The van der Waals surface area contributed by atoms with Gasteiger partial charge in [-0.1, -0.05) is 64.7 Å². The molecule has 0 aromatic rings. The Labute approximate surface area is 147 Å². The number of Topliss-reactive ketones (excluding diaryl/α,β-unsaturated/α-hetero) is 1. The van der Waals surface area contributed by atoms with Crippen LogP contribution in [0.1, 0.15) is 96.8 Å². The molecule has 0 saturated heterocycles. The molecule has 4 N–H and O–H groups in total. The molecule has 0 aliphatic carbocycles. The first kappa shape index (κ1) is 23.1. The van der Waals surface area contributed by atoms with Gasteiger partial charge >= 0.3 is 5.97 Å². The van der Waals surface area contributed by atoms with Crippen molar-refractivity contribution in [2.75, 3.05) is 6.54 Å². The quantitative estimate of drug-likeness (QED) is 0.307. The zero-order chi connectivity index (χ0) is 18.0. The Morgan fingerprint density at radius 3 is 2.00 bits per heavy atom. The highest BCUT2D eigenvalue weighted by atomic mass is 16.7. The van der Waals surface area contributed by atoms with Crippen LogP contribution in [-0.4, -0.2) is 18.3 Å². The van der Waals surface area contributed by atoms with Crippen molar-refractivity contribution in [1.29, 1.82) is 0 Å². The normalized spacial score (nSPS) is 12.1. The van der Waals surface area contributed by atoms with Crippen molar-refractivity contribution in [3.63, 3.8) is 0 Å². The number of ketones is 1. The Bertz CT molecular complexity index is 322. The zero-order valence-electron chi connectivity index (χ0n) is 15.6. The third-order valence-electron chi connectivity index (χ3n) is 4.49. The van der Waals surface area contributed by atoms with E-state index >= 15 is 0 Å². The Morgan fingerprint density at radius 2 is 1.46 bits per heavy atom. The largest absolute Gasteiger partial charge is 0.373 e. The zero-order valence-corrected chi connectivity index (χ0v) is 15.6. The lowest BCUT2D eigenvalue weighted by Crippen LogP contribution is -2.23. The highest BCUT2D eigenvalue weighted by Gasteiger charge is 2.22. The Morgan fingerprint density at radius 1 is 0.875 bits per heavy atom. The molecule has 0 aromatic heterocycles.